The van der Waals surface area contributed by atoms with Gasteiger partial charge in [-0.2, -0.15) is 0 Å². The van der Waals surface area contributed by atoms with E-state index in [9.17, 15) is 14.0 Å². The lowest BCUT2D eigenvalue weighted by atomic mass is 9.97. The molecule has 6 nitrogen and oxygen atoms in total. The number of halogens is 1. The standard InChI is InChI=1S/C17H19FN2O4/c1-10(16-11(2)19-24-12(16)3)17(22)20(9-15(21)23-4)14-7-5-6-13(18)8-14/h5-8,10H,9H2,1-4H3/t10-/m0/s1. The number of ether oxygens (including phenoxy) is 1. The first-order valence-corrected chi connectivity index (χ1v) is 7.41. The van der Waals surface area contributed by atoms with Crippen LogP contribution in [0.4, 0.5) is 10.1 Å². The lowest BCUT2D eigenvalue weighted by Gasteiger charge is -2.25. The molecule has 0 aliphatic heterocycles. The number of benzene rings is 1. The topological polar surface area (TPSA) is 72.6 Å². The molecule has 1 aromatic carbocycles. The molecule has 1 atom stereocenters. The molecule has 0 bridgehead atoms. The summed E-state index contributed by atoms with van der Waals surface area (Å²) in [7, 11) is 1.23. The lowest BCUT2D eigenvalue weighted by Crippen LogP contribution is -2.39. The number of aromatic nitrogens is 1. The van der Waals surface area contributed by atoms with Crippen LogP contribution in [0.25, 0.3) is 0 Å². The molecule has 128 valence electrons. The number of carbonyl (C=O) groups excluding carboxylic acids is 2. The SMILES string of the molecule is COC(=O)CN(C(=O)[C@@H](C)c1c(C)noc1C)c1cccc(F)c1. The van der Waals surface area contributed by atoms with Crippen molar-refractivity contribution in [2.75, 3.05) is 18.6 Å². The first kappa shape index (κ1) is 17.7. The van der Waals surface area contributed by atoms with Crippen LogP contribution in [0.1, 0.15) is 29.9 Å². The number of hydrogen-bond donors (Lipinski definition) is 0. The van der Waals surface area contributed by atoms with Crippen molar-refractivity contribution in [3.63, 3.8) is 0 Å². The molecule has 7 heteroatoms. The first-order valence-electron chi connectivity index (χ1n) is 7.41. The highest BCUT2D eigenvalue weighted by Crippen LogP contribution is 2.27. The second-order valence-electron chi connectivity index (χ2n) is 5.44. The summed E-state index contributed by atoms with van der Waals surface area (Å²) in [5.41, 5.74) is 1.54. The van der Waals surface area contributed by atoms with Gasteiger partial charge in [0.25, 0.3) is 0 Å². The maximum Gasteiger partial charge on any atom is 0.325 e. The third kappa shape index (κ3) is 3.61. The van der Waals surface area contributed by atoms with Gasteiger partial charge in [-0.15, -0.1) is 0 Å². The quantitative estimate of drug-likeness (QED) is 0.786. The van der Waals surface area contributed by atoms with Gasteiger partial charge in [-0.3, -0.25) is 9.59 Å². The van der Waals surface area contributed by atoms with Crippen LogP contribution < -0.4 is 4.90 Å². The third-order valence-electron chi connectivity index (χ3n) is 3.79. The van der Waals surface area contributed by atoms with E-state index in [4.69, 9.17) is 4.52 Å². The van der Waals surface area contributed by atoms with E-state index in [0.717, 1.165) is 0 Å². The number of esters is 1. The van der Waals surface area contributed by atoms with Crippen LogP contribution in [0.2, 0.25) is 0 Å². The van der Waals surface area contributed by atoms with Crippen LogP contribution in [-0.2, 0) is 14.3 Å². The third-order valence-corrected chi connectivity index (χ3v) is 3.79. The fraction of sp³-hybridized carbons (Fsp3) is 0.353. The Labute approximate surface area is 139 Å². The number of anilines is 1. The van der Waals surface area contributed by atoms with Gasteiger partial charge in [0.15, 0.2) is 0 Å². The minimum atomic E-state index is -0.607. The minimum absolute atomic E-state index is 0.281. The highest BCUT2D eigenvalue weighted by atomic mass is 19.1. The molecule has 1 amide bonds. The zero-order chi connectivity index (χ0) is 17.9. The molecule has 0 N–H and O–H groups in total. The molecule has 24 heavy (non-hydrogen) atoms. The van der Waals surface area contributed by atoms with Crippen molar-refractivity contribution in [2.45, 2.75) is 26.7 Å². The molecular formula is C17H19FN2O4. The normalized spacial score (nSPS) is 11.9. The maximum absolute atomic E-state index is 13.5. The second-order valence-corrected chi connectivity index (χ2v) is 5.44. The lowest BCUT2D eigenvalue weighted by molar-refractivity contribution is -0.140. The summed E-state index contributed by atoms with van der Waals surface area (Å²) in [4.78, 5) is 25.8. The number of amides is 1. The van der Waals surface area contributed by atoms with Crippen molar-refractivity contribution in [3.05, 3.63) is 47.1 Å². The van der Waals surface area contributed by atoms with E-state index in [1.54, 1.807) is 26.8 Å². The summed E-state index contributed by atoms with van der Waals surface area (Å²) in [6.07, 6.45) is 0. The average Bonchev–Trinajstić information content (AvgIpc) is 2.89. The maximum atomic E-state index is 13.5. The van der Waals surface area contributed by atoms with Crippen LogP contribution in [0.5, 0.6) is 0 Å². The molecule has 1 heterocycles. The van der Waals surface area contributed by atoms with Crippen LogP contribution in [0.15, 0.2) is 28.8 Å². The van der Waals surface area contributed by atoms with Crippen molar-refractivity contribution < 1.29 is 23.2 Å². The van der Waals surface area contributed by atoms with Gasteiger partial charge in [0, 0.05) is 11.3 Å². The number of aryl methyl sites for hydroxylation is 2. The first-order chi connectivity index (χ1) is 11.3. The predicted molar refractivity (Wildman–Crippen MR) is 85.2 cm³/mol. The van der Waals surface area contributed by atoms with Gasteiger partial charge >= 0.3 is 5.97 Å². The molecule has 0 aliphatic carbocycles. The van der Waals surface area contributed by atoms with Gasteiger partial charge in [0.2, 0.25) is 5.91 Å². The summed E-state index contributed by atoms with van der Waals surface area (Å²) in [6, 6.07) is 5.50. The van der Waals surface area contributed by atoms with E-state index < -0.39 is 17.7 Å². The Morgan fingerprint density at radius 2 is 2.08 bits per heavy atom. The molecule has 2 aromatic rings. The fourth-order valence-electron chi connectivity index (χ4n) is 2.60. The number of carbonyl (C=O) groups is 2. The van der Waals surface area contributed by atoms with Crippen molar-refractivity contribution >= 4 is 17.6 Å². The van der Waals surface area contributed by atoms with Gasteiger partial charge in [-0.05, 0) is 39.0 Å². The zero-order valence-corrected chi connectivity index (χ0v) is 14.0. The van der Waals surface area contributed by atoms with Gasteiger partial charge in [-0.1, -0.05) is 11.2 Å². The Balaban J connectivity index is 2.39. The highest BCUT2D eigenvalue weighted by Gasteiger charge is 2.29. The highest BCUT2D eigenvalue weighted by molar-refractivity contribution is 6.01. The molecule has 0 saturated heterocycles. The number of methoxy groups -OCH3 is 1. The van der Waals surface area contributed by atoms with Gasteiger partial charge < -0.3 is 14.2 Å². The Bertz CT molecular complexity index is 737. The van der Waals surface area contributed by atoms with Crippen molar-refractivity contribution in [1.82, 2.24) is 5.16 Å². The molecule has 0 aliphatic rings. The van der Waals surface area contributed by atoms with Crippen LogP contribution >= 0.6 is 0 Å². The summed E-state index contributed by atoms with van der Waals surface area (Å²) in [5, 5.41) is 3.85. The Morgan fingerprint density at radius 3 is 2.62 bits per heavy atom. The van der Waals surface area contributed by atoms with Crippen molar-refractivity contribution in [3.8, 4) is 0 Å². The van der Waals surface area contributed by atoms with Gasteiger partial charge in [-0.25, -0.2) is 4.39 Å². The van der Waals surface area contributed by atoms with E-state index in [1.807, 2.05) is 0 Å². The average molecular weight is 334 g/mol. The Kier molecular flexibility index (Phi) is 5.33. The molecule has 0 saturated carbocycles. The van der Waals surface area contributed by atoms with Gasteiger partial charge in [0.05, 0.1) is 18.7 Å². The van der Waals surface area contributed by atoms with Crippen LogP contribution in [0.3, 0.4) is 0 Å². The molecule has 0 spiro atoms. The van der Waals surface area contributed by atoms with Crippen LogP contribution in [-0.4, -0.2) is 30.7 Å². The summed E-state index contributed by atoms with van der Waals surface area (Å²) < 4.78 is 23.3. The summed E-state index contributed by atoms with van der Waals surface area (Å²) in [6.45, 7) is 4.83. The molecular weight excluding hydrogens is 315 g/mol. The van der Waals surface area contributed by atoms with Gasteiger partial charge in [0.1, 0.15) is 18.1 Å². The smallest absolute Gasteiger partial charge is 0.325 e. The monoisotopic (exact) mass is 334 g/mol. The Morgan fingerprint density at radius 1 is 1.38 bits per heavy atom. The molecule has 0 radical (unpaired) electrons. The van der Waals surface area contributed by atoms with E-state index >= 15 is 0 Å². The molecule has 1 aromatic heterocycles. The number of hydrogen-bond acceptors (Lipinski definition) is 5. The fourth-order valence-corrected chi connectivity index (χ4v) is 2.60. The van der Waals surface area contributed by atoms with E-state index in [0.29, 0.717) is 17.0 Å². The summed E-state index contributed by atoms with van der Waals surface area (Å²) >= 11 is 0. The van der Waals surface area contributed by atoms with Crippen LogP contribution in [0, 0.1) is 19.7 Å². The number of rotatable bonds is 5. The van der Waals surface area contributed by atoms with Crippen molar-refractivity contribution in [1.29, 1.82) is 0 Å². The second kappa shape index (κ2) is 7.25. The van der Waals surface area contributed by atoms with E-state index in [2.05, 4.69) is 9.89 Å². The Hall–Kier alpha value is -2.70. The largest absolute Gasteiger partial charge is 0.468 e. The predicted octanol–water partition coefficient (Wildman–Crippen LogP) is 2.74. The minimum Gasteiger partial charge on any atom is -0.468 e. The number of nitrogens with zero attached hydrogens (tertiary/aromatic N) is 2. The van der Waals surface area contributed by atoms with E-state index in [1.165, 1.54) is 30.2 Å². The summed E-state index contributed by atoms with van der Waals surface area (Å²) in [5.74, 6) is -1.55. The van der Waals surface area contributed by atoms with Crippen molar-refractivity contribution in [2.24, 2.45) is 0 Å². The molecule has 0 fully saturated rings. The zero-order valence-electron chi connectivity index (χ0n) is 14.0. The molecule has 0 unspecified atom stereocenters. The molecule has 2 rings (SSSR count). The van der Waals surface area contributed by atoms with E-state index in [-0.39, 0.29) is 18.1 Å².